The molecule has 2 aliphatic carbocycles. The average Bonchev–Trinajstić information content (AvgIpc) is 3.28. The fraction of sp³-hybridized carbons (Fsp3) is 0. The molecule has 1 aromatic carbocycles. The van der Waals surface area contributed by atoms with Gasteiger partial charge in [-0.2, -0.15) is 0 Å². The molecule has 4 nitrogen and oxygen atoms in total. The molecule has 10 radical (unpaired) electrons. The van der Waals surface area contributed by atoms with Crippen LogP contribution in [0.3, 0.4) is 0 Å². The van der Waals surface area contributed by atoms with Gasteiger partial charge in [-0.05, 0) is 63.9 Å². The van der Waals surface area contributed by atoms with Crippen LogP contribution in [0.15, 0.2) is 36.4 Å². The summed E-state index contributed by atoms with van der Waals surface area (Å²) in [4.78, 5) is 21.9. The predicted octanol–water partition coefficient (Wildman–Crippen LogP) is 3.76. The Hall–Kier alpha value is -1.45. The predicted molar refractivity (Wildman–Crippen MR) is 88.5 cm³/mol. The smallest absolute Gasteiger partial charge is 0.289 e. The Morgan fingerprint density at radius 2 is 1.54 bits per heavy atom. The Labute approximate surface area is 154 Å². The van der Waals surface area contributed by atoms with E-state index in [9.17, 15) is 14.9 Å². The van der Waals surface area contributed by atoms with Crippen LogP contribution in [0, 0.1) is 73.8 Å². The first-order valence-corrected chi connectivity index (χ1v) is 7.02. The van der Waals surface area contributed by atoms with Crippen molar-refractivity contribution in [3.63, 3.8) is 0 Å². The minimum atomic E-state index is -0.516. The van der Waals surface area contributed by atoms with E-state index < -0.39 is 4.92 Å². The number of non-ortho nitro benzene ring substituents is 1. The summed E-state index contributed by atoms with van der Waals surface area (Å²) in [7, 11) is 0. The van der Waals surface area contributed by atoms with E-state index in [1.54, 1.807) is 12.1 Å². The minimum Gasteiger partial charge on any atom is -0.289 e. The Bertz CT molecular complexity index is 554. The number of hydrogen-bond donors (Lipinski definition) is 0. The molecule has 5 heteroatoms. The van der Waals surface area contributed by atoms with Crippen LogP contribution >= 0.6 is 0 Å². The van der Waals surface area contributed by atoms with E-state index >= 15 is 0 Å². The Balaban J connectivity index is 0.000000412. The van der Waals surface area contributed by atoms with Crippen LogP contribution in [0.5, 0.6) is 0 Å². The number of nitro groups is 1. The third kappa shape index (κ3) is 6.98. The number of nitro benzene ring substituents is 1. The van der Waals surface area contributed by atoms with Crippen molar-refractivity contribution in [2.45, 2.75) is 0 Å². The molecule has 1 aromatic rings. The van der Waals surface area contributed by atoms with E-state index in [1.807, 2.05) is 57.8 Å². The molecular weight excluding hydrogens is 346 g/mol. The quantitative estimate of drug-likeness (QED) is 0.270. The van der Waals surface area contributed by atoms with Crippen LogP contribution in [0.1, 0.15) is 10.4 Å². The summed E-state index contributed by atoms with van der Waals surface area (Å²) >= 11 is 0. The maximum atomic E-state index is 11.8. The van der Waals surface area contributed by atoms with Crippen molar-refractivity contribution in [3.8, 4) is 0 Å². The number of allylic oxidation sites excluding steroid dienone is 2. The van der Waals surface area contributed by atoms with Gasteiger partial charge in [-0.25, -0.2) is 0 Å². The molecule has 2 saturated carbocycles. The second-order valence-electron chi connectivity index (χ2n) is 4.69. The molecule has 0 saturated heterocycles. The van der Waals surface area contributed by atoms with Gasteiger partial charge in [0.25, 0.3) is 5.69 Å². The zero-order valence-electron chi connectivity index (χ0n) is 12.7. The number of hydrogen-bond acceptors (Lipinski definition) is 3. The number of ketones is 1. The van der Waals surface area contributed by atoms with Crippen molar-refractivity contribution in [1.29, 1.82) is 0 Å². The van der Waals surface area contributed by atoms with E-state index in [-0.39, 0.29) is 28.5 Å². The summed E-state index contributed by atoms with van der Waals surface area (Å²) in [5.41, 5.74) is 0.231. The van der Waals surface area contributed by atoms with Gasteiger partial charge < -0.3 is 0 Å². The molecule has 0 spiro atoms. The SMILES string of the molecule is O=C(/C=C/[C]1[CH][CH][CH][CH]1)c1cccc([N+](=O)[O-])c1.[CH]1[CH][CH][CH][CH]1.[Fe+2]. The molecule has 0 unspecified atom stereocenters. The topological polar surface area (TPSA) is 60.2 Å². The minimum absolute atomic E-state index is 0. The molecule has 0 bridgehead atoms. The molecule has 0 aliphatic heterocycles. The van der Waals surface area contributed by atoms with E-state index in [2.05, 4.69) is 0 Å². The third-order valence-electron chi connectivity index (χ3n) is 3.01. The zero-order valence-corrected chi connectivity index (χ0v) is 13.8. The molecule has 24 heavy (non-hydrogen) atoms. The van der Waals surface area contributed by atoms with E-state index in [1.165, 1.54) is 24.3 Å². The van der Waals surface area contributed by atoms with Crippen molar-refractivity contribution in [1.82, 2.24) is 0 Å². The van der Waals surface area contributed by atoms with Gasteiger partial charge in [-0.1, -0.05) is 18.2 Å². The molecule has 0 heterocycles. The summed E-state index contributed by atoms with van der Waals surface area (Å²) in [5, 5.41) is 10.6. The summed E-state index contributed by atoms with van der Waals surface area (Å²) in [5.74, 6) is 0.675. The molecular formula is C19H15FeNO3+2. The van der Waals surface area contributed by atoms with E-state index in [4.69, 9.17) is 0 Å². The molecule has 3 rings (SSSR count). The summed E-state index contributed by atoms with van der Waals surface area (Å²) in [6, 6.07) is 5.70. The van der Waals surface area contributed by atoms with Crippen molar-refractivity contribution in [3.05, 3.63) is 116 Å². The first-order valence-electron chi connectivity index (χ1n) is 7.02. The summed E-state index contributed by atoms with van der Waals surface area (Å²) in [6.07, 6.45) is 20.6. The van der Waals surface area contributed by atoms with Gasteiger partial charge in [0.15, 0.2) is 5.78 Å². The van der Waals surface area contributed by atoms with Gasteiger partial charge in [0, 0.05) is 23.6 Å². The molecule has 0 N–H and O–H groups in total. The van der Waals surface area contributed by atoms with Gasteiger partial charge in [-0.3, -0.25) is 14.9 Å². The Kier molecular flexibility index (Phi) is 9.58. The van der Waals surface area contributed by atoms with Crippen LogP contribution in [-0.4, -0.2) is 10.7 Å². The van der Waals surface area contributed by atoms with Crippen LogP contribution < -0.4 is 0 Å². The molecule has 0 amide bonds. The first-order chi connectivity index (χ1) is 11.2. The monoisotopic (exact) mass is 361 g/mol. The molecule has 120 valence electrons. The van der Waals surface area contributed by atoms with Gasteiger partial charge in [-0.15, -0.1) is 0 Å². The second kappa shape index (κ2) is 11.2. The second-order valence-corrected chi connectivity index (χ2v) is 4.69. The van der Waals surface area contributed by atoms with Crippen molar-refractivity contribution < 1.29 is 26.8 Å². The number of benzene rings is 1. The maximum Gasteiger partial charge on any atom is 2.00 e. The van der Waals surface area contributed by atoms with Crippen LogP contribution in [0.25, 0.3) is 0 Å². The number of nitrogens with zero attached hydrogens (tertiary/aromatic N) is 1. The van der Waals surface area contributed by atoms with Crippen molar-refractivity contribution in [2.75, 3.05) is 0 Å². The maximum absolute atomic E-state index is 11.8. The van der Waals surface area contributed by atoms with Gasteiger partial charge in [0.2, 0.25) is 0 Å². The summed E-state index contributed by atoms with van der Waals surface area (Å²) < 4.78 is 0. The number of rotatable bonds is 4. The van der Waals surface area contributed by atoms with Crippen molar-refractivity contribution in [2.24, 2.45) is 0 Å². The average molecular weight is 361 g/mol. The molecule has 0 atom stereocenters. The number of carbonyl (C=O) groups is 1. The van der Waals surface area contributed by atoms with Crippen LogP contribution in [-0.2, 0) is 17.1 Å². The fourth-order valence-corrected chi connectivity index (χ4v) is 1.86. The fourth-order valence-electron chi connectivity index (χ4n) is 1.86. The number of carbonyl (C=O) groups excluding carboxylic acids is 1. The van der Waals surface area contributed by atoms with Gasteiger partial charge in [0.1, 0.15) is 0 Å². The first kappa shape index (κ1) is 20.6. The Morgan fingerprint density at radius 3 is 2.08 bits per heavy atom. The van der Waals surface area contributed by atoms with Crippen LogP contribution in [0.2, 0.25) is 0 Å². The molecule has 2 aliphatic rings. The van der Waals surface area contributed by atoms with E-state index in [0.717, 1.165) is 5.92 Å². The normalized spacial score (nSPS) is 17.2. The third-order valence-corrected chi connectivity index (χ3v) is 3.01. The summed E-state index contributed by atoms with van der Waals surface area (Å²) in [6.45, 7) is 0. The van der Waals surface area contributed by atoms with Crippen LogP contribution in [0.4, 0.5) is 5.69 Å². The zero-order chi connectivity index (χ0) is 16.5. The van der Waals surface area contributed by atoms with E-state index in [0.29, 0.717) is 5.56 Å². The molecule has 0 aromatic heterocycles. The van der Waals surface area contributed by atoms with Gasteiger partial charge in [0.05, 0.1) is 4.92 Å². The Morgan fingerprint density at radius 1 is 0.958 bits per heavy atom. The molecule has 2 fully saturated rings. The van der Waals surface area contributed by atoms with Gasteiger partial charge >= 0.3 is 17.1 Å². The standard InChI is InChI=1S/C14H10NO3.C5H5.Fe/c16-14(9-8-11-4-1-2-5-11)12-6-3-7-13(10-12)15(17)18;1-2-4-5-3-1;/h1-10H;1-5H;/q;;+2/b9-8+;;. The largest absolute Gasteiger partial charge is 2.00 e. The van der Waals surface area contributed by atoms with Crippen molar-refractivity contribution >= 4 is 11.5 Å².